The Balaban J connectivity index is 2.56. The van der Waals surface area contributed by atoms with Gasteiger partial charge in [-0.3, -0.25) is 0 Å². The Bertz CT molecular complexity index is 403. The van der Waals surface area contributed by atoms with E-state index in [-0.39, 0.29) is 0 Å². The van der Waals surface area contributed by atoms with Crippen LogP contribution >= 0.6 is 0 Å². The molecule has 2 rings (SSSR count). The molecule has 2 nitrogen and oxygen atoms in total. The summed E-state index contributed by atoms with van der Waals surface area (Å²) in [5.41, 5.74) is 4.32. The van der Waals surface area contributed by atoms with E-state index in [9.17, 15) is 0 Å². The van der Waals surface area contributed by atoms with Crippen molar-refractivity contribution in [1.29, 1.82) is 0 Å². The highest BCUT2D eigenvalue weighted by Gasteiger charge is 2.49. The van der Waals surface area contributed by atoms with Gasteiger partial charge in [-0.05, 0) is 39.0 Å². The molecule has 0 N–H and O–H groups in total. The van der Waals surface area contributed by atoms with E-state index in [4.69, 9.17) is 0 Å². The van der Waals surface area contributed by atoms with E-state index in [0.29, 0.717) is 11.3 Å². The summed E-state index contributed by atoms with van der Waals surface area (Å²) in [5.74, 6) is 1.61. The van der Waals surface area contributed by atoms with Crippen molar-refractivity contribution in [3.05, 3.63) is 22.8 Å². The first-order valence-electron chi connectivity index (χ1n) is 6.36. The van der Waals surface area contributed by atoms with Gasteiger partial charge in [0.1, 0.15) is 5.82 Å². The van der Waals surface area contributed by atoms with Crippen LogP contribution < -0.4 is 0 Å². The molecule has 0 spiro atoms. The monoisotopic (exact) mass is 218 g/mol. The van der Waals surface area contributed by atoms with Crippen LogP contribution in [0.3, 0.4) is 0 Å². The standard InChI is InChI=1S/C14H22N2/c1-6-12-13(10(4)15-11(5)16-12)14(7-8-14)9(2)3/h9H,6-8H2,1-5H3. The largest absolute Gasteiger partial charge is 0.238 e. The zero-order valence-corrected chi connectivity index (χ0v) is 11.1. The van der Waals surface area contributed by atoms with Gasteiger partial charge >= 0.3 is 0 Å². The van der Waals surface area contributed by atoms with Crippen molar-refractivity contribution in [1.82, 2.24) is 9.97 Å². The van der Waals surface area contributed by atoms with E-state index >= 15 is 0 Å². The molecule has 0 amide bonds. The second-order valence-electron chi connectivity index (χ2n) is 5.34. The van der Waals surface area contributed by atoms with Crippen LogP contribution in [0.1, 0.15) is 56.4 Å². The molecule has 0 atom stereocenters. The Kier molecular flexibility index (Phi) is 2.77. The minimum atomic E-state index is 0.392. The van der Waals surface area contributed by atoms with Gasteiger partial charge in [0.15, 0.2) is 0 Å². The molecule has 0 unspecified atom stereocenters. The van der Waals surface area contributed by atoms with Gasteiger partial charge in [-0.25, -0.2) is 9.97 Å². The number of aromatic nitrogens is 2. The molecule has 0 saturated heterocycles. The Morgan fingerprint density at radius 3 is 2.25 bits per heavy atom. The molecule has 1 saturated carbocycles. The first kappa shape index (κ1) is 11.6. The molecule has 1 aliphatic carbocycles. The fourth-order valence-corrected chi connectivity index (χ4v) is 2.94. The topological polar surface area (TPSA) is 25.8 Å². The van der Waals surface area contributed by atoms with Gasteiger partial charge in [-0.15, -0.1) is 0 Å². The lowest BCUT2D eigenvalue weighted by molar-refractivity contribution is 0.470. The third kappa shape index (κ3) is 1.64. The van der Waals surface area contributed by atoms with Crippen molar-refractivity contribution >= 4 is 0 Å². The minimum absolute atomic E-state index is 0.392. The van der Waals surface area contributed by atoms with Crippen LogP contribution in [0, 0.1) is 19.8 Å². The van der Waals surface area contributed by atoms with Crippen molar-refractivity contribution in [3.63, 3.8) is 0 Å². The lowest BCUT2D eigenvalue weighted by Crippen LogP contribution is -2.20. The highest BCUT2D eigenvalue weighted by molar-refractivity contribution is 5.39. The summed E-state index contributed by atoms with van der Waals surface area (Å²) >= 11 is 0. The normalized spacial score (nSPS) is 17.9. The van der Waals surface area contributed by atoms with E-state index in [1.54, 1.807) is 0 Å². The van der Waals surface area contributed by atoms with Crippen LogP contribution in [0.25, 0.3) is 0 Å². The number of hydrogen-bond donors (Lipinski definition) is 0. The fraction of sp³-hybridized carbons (Fsp3) is 0.714. The molecule has 16 heavy (non-hydrogen) atoms. The van der Waals surface area contributed by atoms with Crippen LogP contribution in [0.4, 0.5) is 0 Å². The second kappa shape index (κ2) is 3.83. The average Bonchev–Trinajstić information content (AvgIpc) is 2.97. The molecule has 1 fully saturated rings. The van der Waals surface area contributed by atoms with Gasteiger partial charge in [-0.2, -0.15) is 0 Å². The van der Waals surface area contributed by atoms with Crippen molar-refractivity contribution in [3.8, 4) is 0 Å². The molecular weight excluding hydrogens is 196 g/mol. The summed E-state index contributed by atoms with van der Waals surface area (Å²) in [5, 5.41) is 0. The maximum atomic E-state index is 4.63. The summed E-state index contributed by atoms with van der Waals surface area (Å²) < 4.78 is 0. The number of nitrogens with zero attached hydrogens (tertiary/aromatic N) is 2. The van der Waals surface area contributed by atoms with Gasteiger partial charge in [-0.1, -0.05) is 20.8 Å². The SMILES string of the molecule is CCc1nc(C)nc(C)c1C1(C(C)C)CC1. The van der Waals surface area contributed by atoms with E-state index in [0.717, 1.165) is 12.2 Å². The number of rotatable bonds is 3. The van der Waals surface area contributed by atoms with Crippen LogP contribution in [-0.2, 0) is 11.8 Å². The Morgan fingerprint density at radius 2 is 1.81 bits per heavy atom. The molecule has 0 radical (unpaired) electrons. The van der Waals surface area contributed by atoms with Crippen LogP contribution in [0.5, 0.6) is 0 Å². The van der Waals surface area contributed by atoms with E-state index in [1.807, 2.05) is 6.92 Å². The fourth-order valence-electron chi connectivity index (χ4n) is 2.94. The summed E-state index contributed by atoms with van der Waals surface area (Å²) in [7, 11) is 0. The predicted molar refractivity (Wildman–Crippen MR) is 66.6 cm³/mol. The number of aryl methyl sites for hydroxylation is 3. The smallest absolute Gasteiger partial charge is 0.125 e. The quantitative estimate of drug-likeness (QED) is 0.777. The Morgan fingerprint density at radius 1 is 1.19 bits per heavy atom. The first-order chi connectivity index (χ1) is 7.51. The lowest BCUT2D eigenvalue weighted by atomic mass is 9.82. The maximum absolute atomic E-state index is 4.63. The van der Waals surface area contributed by atoms with Gasteiger partial charge in [0.05, 0.1) is 0 Å². The van der Waals surface area contributed by atoms with Crippen LogP contribution in [0.15, 0.2) is 0 Å². The Labute approximate surface area is 98.5 Å². The molecule has 0 aliphatic heterocycles. The summed E-state index contributed by atoms with van der Waals surface area (Å²) in [6, 6.07) is 0. The molecule has 1 heterocycles. The first-order valence-corrected chi connectivity index (χ1v) is 6.36. The van der Waals surface area contributed by atoms with Gasteiger partial charge in [0.2, 0.25) is 0 Å². The van der Waals surface area contributed by atoms with Crippen LogP contribution in [0.2, 0.25) is 0 Å². The molecule has 1 aromatic rings. The van der Waals surface area contributed by atoms with E-state index < -0.39 is 0 Å². The van der Waals surface area contributed by atoms with E-state index in [2.05, 4.69) is 37.7 Å². The second-order valence-corrected chi connectivity index (χ2v) is 5.34. The minimum Gasteiger partial charge on any atom is -0.238 e. The third-order valence-electron chi connectivity index (χ3n) is 4.00. The number of hydrogen-bond acceptors (Lipinski definition) is 2. The van der Waals surface area contributed by atoms with Crippen molar-refractivity contribution < 1.29 is 0 Å². The Hall–Kier alpha value is -0.920. The van der Waals surface area contributed by atoms with Crippen molar-refractivity contribution in [2.75, 3.05) is 0 Å². The molecular formula is C14H22N2. The van der Waals surface area contributed by atoms with Crippen LogP contribution in [-0.4, -0.2) is 9.97 Å². The molecule has 0 bridgehead atoms. The molecule has 2 heteroatoms. The third-order valence-corrected chi connectivity index (χ3v) is 4.00. The molecule has 0 aromatic carbocycles. The van der Waals surface area contributed by atoms with Crippen molar-refractivity contribution in [2.24, 2.45) is 5.92 Å². The molecule has 1 aliphatic rings. The highest BCUT2D eigenvalue weighted by Crippen LogP contribution is 2.55. The highest BCUT2D eigenvalue weighted by atomic mass is 14.9. The zero-order valence-electron chi connectivity index (χ0n) is 11.1. The van der Waals surface area contributed by atoms with Gasteiger partial charge < -0.3 is 0 Å². The van der Waals surface area contributed by atoms with Gasteiger partial charge in [0.25, 0.3) is 0 Å². The summed E-state index contributed by atoms with van der Waals surface area (Å²) in [6.45, 7) is 11.0. The van der Waals surface area contributed by atoms with Crippen molar-refractivity contribution in [2.45, 2.75) is 59.3 Å². The zero-order chi connectivity index (χ0) is 11.9. The van der Waals surface area contributed by atoms with E-state index in [1.165, 1.54) is 29.8 Å². The lowest BCUT2D eigenvalue weighted by Gasteiger charge is -2.24. The molecule has 88 valence electrons. The maximum Gasteiger partial charge on any atom is 0.125 e. The summed E-state index contributed by atoms with van der Waals surface area (Å²) in [6.07, 6.45) is 3.64. The predicted octanol–water partition coefficient (Wildman–Crippen LogP) is 3.34. The van der Waals surface area contributed by atoms with Gasteiger partial charge in [0, 0.05) is 22.4 Å². The average molecular weight is 218 g/mol. The summed E-state index contributed by atoms with van der Waals surface area (Å²) in [4.78, 5) is 9.19. The molecule has 1 aromatic heterocycles.